The van der Waals surface area contributed by atoms with Crippen LogP contribution in [0, 0.1) is 5.92 Å². The summed E-state index contributed by atoms with van der Waals surface area (Å²) >= 11 is 1.24. The van der Waals surface area contributed by atoms with Gasteiger partial charge in [0, 0.05) is 18.3 Å². The van der Waals surface area contributed by atoms with E-state index in [1.54, 1.807) is 13.8 Å². The number of aliphatic hydroxyl groups is 2. The largest absolute Gasteiger partial charge is 1.00 e. The smallest absolute Gasteiger partial charge is 0.548 e. The van der Waals surface area contributed by atoms with Crippen LogP contribution in [0.2, 0.25) is 0 Å². The number of β-lactam (4-membered cyclic amide) rings is 1. The van der Waals surface area contributed by atoms with Gasteiger partial charge in [0.1, 0.15) is 12.0 Å². The Hall–Kier alpha value is -0.320. The molecule has 0 aromatic heterocycles. The third-order valence-electron chi connectivity index (χ3n) is 4.11. The van der Waals surface area contributed by atoms with Crippen molar-refractivity contribution < 1.29 is 59.3 Å². The molecule has 0 radical (unpaired) electrons. The number of hydrogen-bond acceptors (Lipinski definition) is 7. The summed E-state index contributed by atoms with van der Waals surface area (Å²) in [5, 5.41) is 29.7. The number of carboxylic acid groups (broad SMARTS) is 1. The summed E-state index contributed by atoms with van der Waals surface area (Å²) in [7, 11) is 1.42. The second-order valence-electron chi connectivity index (χ2n) is 6.03. The summed E-state index contributed by atoms with van der Waals surface area (Å²) in [6.07, 6.45) is -1.55. The van der Waals surface area contributed by atoms with Gasteiger partial charge < -0.3 is 29.9 Å². The van der Waals surface area contributed by atoms with E-state index in [0.717, 1.165) is 4.90 Å². The van der Waals surface area contributed by atoms with Crippen LogP contribution < -0.4 is 34.7 Å². The number of fused-ring (bicyclic) bond motifs is 1. The molecule has 124 valence electrons. The third-order valence-corrected chi connectivity index (χ3v) is 5.70. The molecule has 0 aromatic rings. The Morgan fingerprint density at radius 3 is 2.52 bits per heavy atom. The van der Waals surface area contributed by atoms with Gasteiger partial charge in [-0.15, -0.1) is 11.8 Å². The minimum Gasteiger partial charge on any atom is -0.548 e. The normalized spacial score (nSPS) is 29.2. The van der Waals surface area contributed by atoms with Crippen molar-refractivity contribution >= 4 is 29.5 Å². The minimum atomic E-state index is -1.55. The van der Waals surface area contributed by atoms with Gasteiger partial charge in [-0.25, -0.2) is 0 Å². The van der Waals surface area contributed by atoms with Crippen LogP contribution >= 0.6 is 11.8 Å². The van der Waals surface area contributed by atoms with Crippen molar-refractivity contribution in [3.63, 3.8) is 0 Å². The first-order valence-electron chi connectivity index (χ1n) is 6.88. The number of aliphatic carboxylic acids is 1. The van der Waals surface area contributed by atoms with E-state index in [0.29, 0.717) is 0 Å². The van der Waals surface area contributed by atoms with Crippen LogP contribution in [0.5, 0.6) is 0 Å². The van der Waals surface area contributed by atoms with Crippen LogP contribution in [0.15, 0.2) is 0 Å². The zero-order valence-corrected chi connectivity index (χ0v) is 16.4. The molecule has 23 heavy (non-hydrogen) atoms. The van der Waals surface area contributed by atoms with Gasteiger partial charge in [0.25, 0.3) is 5.91 Å². The Morgan fingerprint density at radius 1 is 1.48 bits per heavy atom. The Morgan fingerprint density at radius 2 is 2.04 bits per heavy atom. The van der Waals surface area contributed by atoms with Crippen molar-refractivity contribution in [2.24, 2.45) is 5.92 Å². The maximum Gasteiger partial charge on any atom is 1.00 e. The fraction of sp³-hybridized carbons (Fsp3) is 0.769. The molecular weight excluding hydrogens is 335 g/mol. The molecule has 0 aliphatic carbocycles. The van der Waals surface area contributed by atoms with E-state index in [1.165, 1.54) is 23.7 Å². The minimum absolute atomic E-state index is 0. The number of aliphatic hydroxyl groups excluding tert-OH is 2. The van der Waals surface area contributed by atoms with E-state index in [1.807, 2.05) is 0 Å². The first-order valence-corrected chi connectivity index (χ1v) is 7.76. The zero-order valence-electron chi connectivity index (χ0n) is 13.6. The summed E-state index contributed by atoms with van der Waals surface area (Å²) in [4.78, 5) is 37.8. The number of carbonyl (C=O) groups is 3. The quantitative estimate of drug-likeness (QED) is 0.373. The number of carboxylic acids is 1. The maximum absolute atomic E-state index is 12.2. The fourth-order valence-corrected chi connectivity index (χ4v) is 4.67. The van der Waals surface area contributed by atoms with Gasteiger partial charge in [0.15, 0.2) is 0 Å². The molecule has 0 saturated carbocycles. The van der Waals surface area contributed by atoms with Crippen LogP contribution in [0.1, 0.15) is 13.8 Å². The van der Waals surface area contributed by atoms with Crippen LogP contribution in [-0.2, 0) is 14.4 Å². The Balaban J connectivity index is 0.00000264. The van der Waals surface area contributed by atoms with Crippen molar-refractivity contribution in [3.8, 4) is 0 Å². The predicted molar refractivity (Wildman–Crippen MR) is 75.3 cm³/mol. The van der Waals surface area contributed by atoms with E-state index in [-0.39, 0.29) is 42.7 Å². The monoisotopic (exact) mass is 354 g/mol. The Labute approximate surface area is 160 Å². The number of amides is 2. The molecule has 2 aliphatic rings. The van der Waals surface area contributed by atoms with E-state index in [4.69, 9.17) is 5.11 Å². The SMILES string of the molecule is CN(CCO)C(=O)[C@@H](O)[C@@H]1C(=O)N2[C@@H]1SC(C)(C)[C@@H]2C(=O)[O-].[Na+]. The first-order chi connectivity index (χ1) is 10.1. The number of rotatable bonds is 5. The maximum atomic E-state index is 12.2. The summed E-state index contributed by atoms with van der Waals surface area (Å²) in [5.74, 6) is -3.54. The molecule has 2 rings (SSSR count). The van der Waals surface area contributed by atoms with Gasteiger partial charge in [0.2, 0.25) is 5.91 Å². The summed E-state index contributed by atoms with van der Waals surface area (Å²) < 4.78 is -0.756. The van der Waals surface area contributed by atoms with E-state index in [9.17, 15) is 24.6 Å². The number of hydrogen-bond donors (Lipinski definition) is 2. The molecule has 2 N–H and O–H groups in total. The Kier molecular flexibility index (Phi) is 6.56. The molecule has 4 atom stereocenters. The molecule has 2 fully saturated rings. The topological polar surface area (TPSA) is 121 Å². The van der Waals surface area contributed by atoms with E-state index < -0.39 is 46.0 Å². The molecule has 0 aromatic carbocycles. The van der Waals surface area contributed by atoms with Gasteiger partial charge in [-0.1, -0.05) is 0 Å². The van der Waals surface area contributed by atoms with Crippen molar-refractivity contribution in [3.05, 3.63) is 0 Å². The molecule has 8 nitrogen and oxygen atoms in total. The van der Waals surface area contributed by atoms with E-state index in [2.05, 4.69) is 0 Å². The third kappa shape index (κ3) is 3.40. The van der Waals surface area contributed by atoms with Gasteiger partial charge in [0.05, 0.1) is 24.0 Å². The zero-order chi connectivity index (χ0) is 16.8. The van der Waals surface area contributed by atoms with Gasteiger partial charge >= 0.3 is 29.6 Å². The molecule has 10 heteroatoms. The van der Waals surface area contributed by atoms with E-state index >= 15 is 0 Å². The molecule has 2 amide bonds. The van der Waals surface area contributed by atoms with Crippen LogP contribution in [0.25, 0.3) is 0 Å². The standard InChI is InChI=1S/C13H20N2O6S.Na/c1-13(2)8(12(20)21)15-9(18)6(11(15)22-13)7(17)10(19)14(3)4-5-16;/h6-8,11,16-17H,4-5H2,1-3H3,(H,20,21);/q;+1/p-1/t6-,7+,8+,11-;/m1./s1. The molecular formula is C13H19N2NaO6S. The van der Waals surface area contributed by atoms with Crippen LogP contribution in [0.3, 0.4) is 0 Å². The molecule has 2 saturated heterocycles. The van der Waals surface area contributed by atoms with Gasteiger partial charge in [-0.05, 0) is 13.8 Å². The molecule has 0 unspecified atom stereocenters. The molecule has 2 aliphatic heterocycles. The fourth-order valence-electron chi connectivity index (χ4n) is 2.95. The van der Waals surface area contributed by atoms with Crippen LogP contribution in [-0.4, -0.2) is 80.3 Å². The second-order valence-corrected chi connectivity index (χ2v) is 7.80. The predicted octanol–water partition coefficient (Wildman–Crippen LogP) is -5.77. The van der Waals surface area contributed by atoms with Gasteiger partial charge in [-0.3, -0.25) is 9.59 Å². The molecule has 2 heterocycles. The summed E-state index contributed by atoms with van der Waals surface area (Å²) in [5.41, 5.74) is 0. The average molecular weight is 354 g/mol. The number of likely N-dealkylation sites (N-methyl/N-ethyl adjacent to an activating group) is 1. The summed E-state index contributed by atoms with van der Waals surface area (Å²) in [6, 6.07) is -1.08. The van der Waals surface area contributed by atoms with Crippen molar-refractivity contribution in [1.82, 2.24) is 9.80 Å². The first kappa shape index (κ1) is 20.7. The Bertz CT molecular complexity index is 517. The number of carbonyl (C=O) groups excluding carboxylic acids is 3. The molecule has 0 spiro atoms. The van der Waals surface area contributed by atoms with Crippen LogP contribution in [0.4, 0.5) is 0 Å². The van der Waals surface area contributed by atoms with Crippen molar-refractivity contribution in [2.75, 3.05) is 20.2 Å². The van der Waals surface area contributed by atoms with Crippen molar-refractivity contribution in [2.45, 2.75) is 36.1 Å². The number of thioether (sulfide) groups is 1. The second kappa shape index (κ2) is 7.28. The summed E-state index contributed by atoms with van der Waals surface area (Å²) in [6.45, 7) is 3.17. The van der Waals surface area contributed by atoms with Gasteiger partial charge in [-0.2, -0.15) is 0 Å². The molecule has 0 bridgehead atoms. The average Bonchev–Trinajstić information content (AvgIpc) is 2.66. The number of nitrogens with zero attached hydrogens (tertiary/aromatic N) is 2. The van der Waals surface area contributed by atoms with Crippen molar-refractivity contribution in [1.29, 1.82) is 0 Å².